The summed E-state index contributed by atoms with van der Waals surface area (Å²) in [7, 11) is 1.58. The van der Waals surface area contributed by atoms with Crippen LogP contribution in [0.3, 0.4) is 0 Å². The van der Waals surface area contributed by atoms with Gasteiger partial charge in [0.25, 0.3) is 5.91 Å². The number of nitrogens with zero attached hydrogens (tertiary/aromatic N) is 2. The fourth-order valence-corrected chi connectivity index (χ4v) is 4.34. The number of aromatic nitrogens is 1. The average Bonchev–Trinajstić information content (AvgIpc) is 3.24. The molecular formula is C24H21ClN2O4. The first kappa shape index (κ1) is 20.9. The van der Waals surface area contributed by atoms with E-state index in [2.05, 4.69) is 4.98 Å². The number of rotatable bonds is 5. The summed E-state index contributed by atoms with van der Waals surface area (Å²) in [5.41, 5.74) is 2.63. The number of hydrogen-bond acceptors (Lipinski definition) is 4. The molecule has 0 bridgehead atoms. The molecule has 158 valence electrons. The molecule has 3 aromatic rings. The second-order valence-electron chi connectivity index (χ2n) is 7.31. The largest absolute Gasteiger partial charge is 0.494 e. The number of carbonyl (C=O) groups is 2. The molecule has 1 amide bonds. The molecule has 1 aliphatic heterocycles. The number of carboxylic acid groups (broad SMARTS) is 1. The Morgan fingerprint density at radius 2 is 1.81 bits per heavy atom. The Bertz CT molecular complexity index is 1120. The van der Waals surface area contributed by atoms with E-state index < -0.39 is 18.1 Å². The molecule has 0 unspecified atom stereocenters. The summed E-state index contributed by atoms with van der Waals surface area (Å²) in [5, 5.41) is 10.2. The highest BCUT2D eigenvalue weighted by Crippen LogP contribution is 2.40. The summed E-state index contributed by atoms with van der Waals surface area (Å²) >= 11 is 6.36. The van der Waals surface area contributed by atoms with Gasteiger partial charge in [-0.15, -0.1) is 0 Å². The third-order valence-electron chi connectivity index (χ3n) is 5.56. The smallest absolute Gasteiger partial charge is 0.326 e. The van der Waals surface area contributed by atoms with Gasteiger partial charge in [0.15, 0.2) is 0 Å². The fraction of sp³-hybridized carbons (Fsp3) is 0.208. The molecule has 4 rings (SSSR count). The van der Waals surface area contributed by atoms with Crippen LogP contribution in [0.5, 0.6) is 5.75 Å². The van der Waals surface area contributed by atoms with Crippen LogP contribution in [-0.4, -0.2) is 40.0 Å². The van der Waals surface area contributed by atoms with Gasteiger partial charge in [0.05, 0.1) is 13.2 Å². The maximum absolute atomic E-state index is 13.4. The van der Waals surface area contributed by atoms with Crippen molar-refractivity contribution in [2.45, 2.75) is 24.9 Å². The molecule has 2 aromatic carbocycles. The Balaban J connectivity index is 1.67. The van der Waals surface area contributed by atoms with Crippen molar-refractivity contribution in [2.75, 3.05) is 7.11 Å². The summed E-state index contributed by atoms with van der Waals surface area (Å²) in [6, 6.07) is 16.5. The van der Waals surface area contributed by atoms with Crippen molar-refractivity contribution in [3.05, 3.63) is 83.0 Å². The molecule has 0 saturated carbocycles. The first-order chi connectivity index (χ1) is 15.0. The van der Waals surface area contributed by atoms with Crippen molar-refractivity contribution in [2.24, 2.45) is 0 Å². The van der Waals surface area contributed by atoms with Crippen LogP contribution in [0.4, 0.5) is 0 Å². The van der Waals surface area contributed by atoms with Crippen molar-refractivity contribution in [3.63, 3.8) is 0 Å². The third kappa shape index (κ3) is 3.99. The normalized spacial score (nSPS) is 18.1. The summed E-state index contributed by atoms with van der Waals surface area (Å²) in [6.07, 6.45) is 2.59. The number of carbonyl (C=O) groups excluding carboxylic acids is 1. The minimum Gasteiger partial charge on any atom is -0.494 e. The van der Waals surface area contributed by atoms with Gasteiger partial charge in [-0.25, -0.2) is 4.79 Å². The molecule has 0 aliphatic carbocycles. The maximum Gasteiger partial charge on any atom is 0.326 e. The van der Waals surface area contributed by atoms with E-state index in [9.17, 15) is 14.7 Å². The molecule has 1 fully saturated rings. The maximum atomic E-state index is 13.4. The van der Waals surface area contributed by atoms with Gasteiger partial charge in [-0.2, -0.15) is 0 Å². The second-order valence-corrected chi connectivity index (χ2v) is 7.72. The number of halogens is 1. The number of aliphatic carboxylic acids is 1. The van der Waals surface area contributed by atoms with E-state index >= 15 is 0 Å². The Labute approximate surface area is 185 Å². The molecule has 1 aliphatic rings. The highest BCUT2D eigenvalue weighted by Gasteiger charge is 2.42. The molecule has 0 spiro atoms. The van der Waals surface area contributed by atoms with Crippen LogP contribution in [0.2, 0.25) is 5.02 Å². The van der Waals surface area contributed by atoms with E-state index in [0.29, 0.717) is 34.9 Å². The van der Waals surface area contributed by atoms with Crippen molar-refractivity contribution >= 4 is 23.5 Å². The van der Waals surface area contributed by atoms with Gasteiger partial charge in [0.1, 0.15) is 17.5 Å². The van der Waals surface area contributed by atoms with Crippen LogP contribution in [0, 0.1) is 0 Å². The van der Waals surface area contributed by atoms with Crippen LogP contribution in [0.25, 0.3) is 11.3 Å². The number of ether oxygens (including phenoxy) is 1. The van der Waals surface area contributed by atoms with Gasteiger partial charge in [-0.05, 0) is 48.7 Å². The number of likely N-dealkylation sites (tertiary alicyclic amines) is 1. The quantitative estimate of drug-likeness (QED) is 0.619. The monoisotopic (exact) mass is 436 g/mol. The zero-order chi connectivity index (χ0) is 22.0. The van der Waals surface area contributed by atoms with Crippen LogP contribution in [0.1, 0.15) is 34.8 Å². The van der Waals surface area contributed by atoms with Crippen LogP contribution < -0.4 is 4.74 Å². The van der Waals surface area contributed by atoms with E-state index in [1.807, 2.05) is 24.3 Å². The lowest BCUT2D eigenvalue weighted by molar-refractivity contribution is -0.141. The van der Waals surface area contributed by atoms with Gasteiger partial charge in [-0.1, -0.05) is 41.9 Å². The molecule has 1 N–H and O–H groups in total. The Kier molecular flexibility index (Phi) is 5.91. The number of methoxy groups -OCH3 is 1. The number of pyridine rings is 1. The van der Waals surface area contributed by atoms with Gasteiger partial charge >= 0.3 is 5.97 Å². The summed E-state index contributed by atoms with van der Waals surface area (Å²) < 4.78 is 5.36. The van der Waals surface area contributed by atoms with E-state index in [1.54, 1.807) is 49.7 Å². The van der Waals surface area contributed by atoms with Gasteiger partial charge in [-0.3, -0.25) is 9.78 Å². The van der Waals surface area contributed by atoms with E-state index in [1.165, 1.54) is 4.90 Å². The highest BCUT2D eigenvalue weighted by molar-refractivity contribution is 6.31. The molecule has 1 saturated heterocycles. The van der Waals surface area contributed by atoms with E-state index in [0.717, 1.165) is 11.1 Å². The van der Waals surface area contributed by atoms with Crippen molar-refractivity contribution in [1.29, 1.82) is 0 Å². The molecule has 7 heteroatoms. The lowest BCUT2D eigenvalue weighted by Gasteiger charge is -2.29. The second kappa shape index (κ2) is 8.78. The van der Waals surface area contributed by atoms with Crippen molar-refractivity contribution in [1.82, 2.24) is 9.88 Å². The van der Waals surface area contributed by atoms with Crippen LogP contribution >= 0.6 is 11.6 Å². The Hall–Kier alpha value is -3.38. The third-order valence-corrected chi connectivity index (χ3v) is 5.91. The SMILES string of the molecule is COc1cccnc1-c1ccc(C(=O)N2[C@@H](c3ccccc3Cl)CC[C@H]2C(=O)O)cc1. The minimum atomic E-state index is -1.02. The lowest BCUT2D eigenvalue weighted by Crippen LogP contribution is -2.41. The molecule has 1 aromatic heterocycles. The average molecular weight is 437 g/mol. The van der Waals surface area contributed by atoms with Crippen molar-refractivity contribution < 1.29 is 19.4 Å². The predicted molar refractivity (Wildman–Crippen MR) is 117 cm³/mol. The molecule has 0 radical (unpaired) electrons. The fourth-order valence-electron chi connectivity index (χ4n) is 4.08. The molecule has 2 atom stereocenters. The van der Waals surface area contributed by atoms with Gasteiger partial charge in [0, 0.05) is 22.3 Å². The zero-order valence-electron chi connectivity index (χ0n) is 16.9. The van der Waals surface area contributed by atoms with Gasteiger partial charge in [0.2, 0.25) is 0 Å². The Morgan fingerprint density at radius 3 is 2.48 bits per heavy atom. The molecule has 2 heterocycles. The summed E-state index contributed by atoms with van der Waals surface area (Å²) in [5.74, 6) is -0.724. The van der Waals surface area contributed by atoms with E-state index in [-0.39, 0.29) is 5.91 Å². The summed E-state index contributed by atoms with van der Waals surface area (Å²) in [6.45, 7) is 0. The summed E-state index contributed by atoms with van der Waals surface area (Å²) in [4.78, 5) is 31.1. The Morgan fingerprint density at radius 1 is 1.06 bits per heavy atom. The number of carboxylic acids is 1. The lowest BCUT2D eigenvalue weighted by atomic mass is 10.0. The number of hydrogen-bond donors (Lipinski definition) is 1. The minimum absolute atomic E-state index is 0.339. The zero-order valence-corrected chi connectivity index (χ0v) is 17.6. The molecule has 6 nitrogen and oxygen atoms in total. The first-order valence-electron chi connectivity index (χ1n) is 9.90. The topological polar surface area (TPSA) is 79.7 Å². The number of amides is 1. The van der Waals surface area contributed by atoms with Crippen LogP contribution in [-0.2, 0) is 4.79 Å². The molecule has 31 heavy (non-hydrogen) atoms. The molecular weight excluding hydrogens is 416 g/mol. The standard InChI is InChI=1S/C24H21ClN2O4/c1-31-21-7-4-14-26-22(21)15-8-10-16(11-9-15)23(28)27-19(12-13-20(27)24(29)30)17-5-2-3-6-18(17)25/h2-11,14,19-20H,12-13H2,1H3,(H,29,30)/t19-,20+/m1/s1. The van der Waals surface area contributed by atoms with Crippen molar-refractivity contribution in [3.8, 4) is 17.0 Å². The predicted octanol–water partition coefficient (Wildman–Crippen LogP) is 4.84. The number of benzene rings is 2. The van der Waals surface area contributed by atoms with Crippen LogP contribution in [0.15, 0.2) is 66.9 Å². The van der Waals surface area contributed by atoms with Gasteiger partial charge < -0.3 is 14.7 Å². The first-order valence-corrected chi connectivity index (χ1v) is 10.3. The van der Waals surface area contributed by atoms with E-state index in [4.69, 9.17) is 16.3 Å². The highest BCUT2D eigenvalue weighted by atomic mass is 35.5.